The number of carbonyl (C=O) groups is 1. The monoisotopic (exact) mass is 499 g/mol. The maximum Gasteiger partial charge on any atom is 0.410 e. The second kappa shape index (κ2) is 11.3. The van der Waals surface area contributed by atoms with Gasteiger partial charge >= 0.3 is 6.09 Å². The first-order valence-corrected chi connectivity index (χ1v) is 12.8. The first-order chi connectivity index (χ1) is 17.8. The Morgan fingerprint density at radius 2 is 1.51 bits per heavy atom. The first kappa shape index (κ1) is 26.6. The van der Waals surface area contributed by atoms with E-state index in [9.17, 15) is 4.79 Å². The van der Waals surface area contributed by atoms with Crippen molar-refractivity contribution in [1.82, 2.24) is 4.90 Å². The van der Waals surface area contributed by atoms with Crippen LogP contribution < -0.4 is 0 Å². The maximum absolute atomic E-state index is 13.6. The molecular formula is C32H37NO4. The van der Waals surface area contributed by atoms with Gasteiger partial charge in [0, 0.05) is 7.11 Å². The topological polar surface area (TPSA) is 48.0 Å². The lowest BCUT2D eigenvalue weighted by atomic mass is 9.78. The van der Waals surface area contributed by atoms with Crippen LogP contribution in [0.4, 0.5) is 4.79 Å². The Kier molecular flexibility index (Phi) is 8.16. The molecule has 0 N–H and O–H groups in total. The maximum atomic E-state index is 13.6. The molecule has 0 radical (unpaired) electrons. The van der Waals surface area contributed by atoms with Crippen LogP contribution in [0.15, 0.2) is 91.5 Å². The van der Waals surface area contributed by atoms with Crippen molar-refractivity contribution >= 4 is 12.2 Å². The molecule has 1 saturated heterocycles. The third-order valence-electron chi connectivity index (χ3n) is 6.79. The molecule has 4 rings (SSSR count). The number of hydrogen-bond donors (Lipinski definition) is 0. The van der Waals surface area contributed by atoms with Crippen LogP contribution in [-0.2, 0) is 26.4 Å². The SMILES string of the molecule is C=Cc1ccc(CO[C@@H]2C[C@@H](C(OC)(c3ccccc3)c3ccccc3)N(C(=O)OC(C)(C)C)C2)cc1. The molecule has 5 nitrogen and oxygen atoms in total. The predicted octanol–water partition coefficient (Wildman–Crippen LogP) is 6.81. The van der Waals surface area contributed by atoms with E-state index < -0.39 is 11.2 Å². The highest BCUT2D eigenvalue weighted by Crippen LogP contribution is 2.44. The summed E-state index contributed by atoms with van der Waals surface area (Å²) >= 11 is 0. The minimum absolute atomic E-state index is 0.182. The number of likely N-dealkylation sites (tertiary alicyclic amines) is 1. The number of methoxy groups -OCH3 is 1. The van der Waals surface area contributed by atoms with Crippen LogP contribution in [0.1, 0.15) is 49.4 Å². The van der Waals surface area contributed by atoms with Crippen LogP contribution in [0.2, 0.25) is 0 Å². The van der Waals surface area contributed by atoms with Crippen molar-refractivity contribution in [1.29, 1.82) is 0 Å². The van der Waals surface area contributed by atoms with Crippen molar-refractivity contribution in [3.05, 3.63) is 114 Å². The minimum Gasteiger partial charge on any atom is -0.444 e. The number of benzene rings is 3. The lowest BCUT2D eigenvalue weighted by molar-refractivity contribution is -0.0500. The second-order valence-electron chi connectivity index (χ2n) is 10.4. The number of carbonyl (C=O) groups excluding carboxylic acids is 1. The van der Waals surface area contributed by atoms with Crippen LogP contribution in [0.3, 0.4) is 0 Å². The largest absolute Gasteiger partial charge is 0.444 e. The van der Waals surface area contributed by atoms with Gasteiger partial charge < -0.3 is 14.2 Å². The van der Waals surface area contributed by atoms with Crippen molar-refractivity contribution in [3.8, 4) is 0 Å². The average molecular weight is 500 g/mol. The Labute approximate surface area is 220 Å². The second-order valence-corrected chi connectivity index (χ2v) is 10.4. The lowest BCUT2D eigenvalue weighted by Gasteiger charge is -2.42. The fraction of sp³-hybridized carbons (Fsp3) is 0.344. The van der Waals surface area contributed by atoms with E-state index in [4.69, 9.17) is 14.2 Å². The molecule has 0 unspecified atom stereocenters. The van der Waals surface area contributed by atoms with E-state index in [2.05, 4.69) is 30.8 Å². The van der Waals surface area contributed by atoms with Gasteiger partial charge in [-0.2, -0.15) is 0 Å². The van der Waals surface area contributed by atoms with Gasteiger partial charge in [0.15, 0.2) is 0 Å². The third-order valence-corrected chi connectivity index (χ3v) is 6.79. The first-order valence-electron chi connectivity index (χ1n) is 12.8. The van der Waals surface area contributed by atoms with Crippen LogP contribution >= 0.6 is 0 Å². The normalized spacial score (nSPS) is 18.0. The van der Waals surface area contributed by atoms with E-state index in [1.165, 1.54) is 0 Å². The van der Waals surface area contributed by atoms with Gasteiger partial charge in [-0.3, -0.25) is 4.90 Å². The summed E-state index contributed by atoms with van der Waals surface area (Å²) in [4.78, 5) is 15.4. The van der Waals surface area contributed by atoms with Crippen LogP contribution in [0.25, 0.3) is 6.08 Å². The number of rotatable bonds is 8. The smallest absolute Gasteiger partial charge is 0.410 e. The molecule has 2 atom stereocenters. The molecule has 0 aromatic heterocycles. The van der Waals surface area contributed by atoms with Gasteiger partial charge in [-0.05, 0) is 49.4 Å². The summed E-state index contributed by atoms with van der Waals surface area (Å²) in [5, 5.41) is 0. The Balaban J connectivity index is 1.70. The molecule has 1 amide bonds. The van der Waals surface area contributed by atoms with Crippen LogP contribution in [-0.4, -0.2) is 42.4 Å². The fourth-order valence-electron chi connectivity index (χ4n) is 5.08. The van der Waals surface area contributed by atoms with E-state index in [-0.39, 0.29) is 18.2 Å². The molecule has 5 heteroatoms. The highest BCUT2D eigenvalue weighted by atomic mass is 16.6. The molecule has 0 aliphatic carbocycles. The van der Waals surface area contributed by atoms with Crippen molar-refractivity contribution in [2.24, 2.45) is 0 Å². The van der Waals surface area contributed by atoms with E-state index in [1.54, 1.807) is 12.0 Å². The molecule has 1 aliphatic heterocycles. The minimum atomic E-state index is -0.900. The molecule has 37 heavy (non-hydrogen) atoms. The van der Waals surface area contributed by atoms with E-state index in [0.29, 0.717) is 19.6 Å². The van der Waals surface area contributed by atoms with E-state index in [0.717, 1.165) is 22.3 Å². The van der Waals surface area contributed by atoms with Gasteiger partial charge in [-0.1, -0.05) is 97.6 Å². The number of amides is 1. The summed E-state index contributed by atoms with van der Waals surface area (Å²) in [5.74, 6) is 0. The molecule has 0 spiro atoms. The van der Waals surface area contributed by atoms with Crippen LogP contribution in [0.5, 0.6) is 0 Å². The highest BCUT2D eigenvalue weighted by Gasteiger charge is 2.52. The molecule has 3 aromatic carbocycles. The molecule has 194 valence electrons. The average Bonchev–Trinajstić information content (AvgIpc) is 3.34. The van der Waals surface area contributed by atoms with Crippen molar-refractivity contribution in [3.63, 3.8) is 0 Å². The van der Waals surface area contributed by atoms with Gasteiger partial charge in [0.05, 0.1) is 25.3 Å². The summed E-state index contributed by atoms with van der Waals surface area (Å²) in [6, 6.07) is 28.0. The molecule has 1 heterocycles. The van der Waals surface area contributed by atoms with Gasteiger partial charge in [0.25, 0.3) is 0 Å². The summed E-state index contributed by atoms with van der Waals surface area (Å²) in [5.41, 5.74) is 2.57. The van der Waals surface area contributed by atoms with Gasteiger partial charge in [0.2, 0.25) is 0 Å². The molecule has 0 saturated carbocycles. The third kappa shape index (κ3) is 5.95. The Hall–Kier alpha value is -3.41. The Bertz CT molecular complexity index is 1130. The quantitative estimate of drug-likeness (QED) is 0.341. The van der Waals surface area contributed by atoms with E-state index >= 15 is 0 Å². The van der Waals surface area contributed by atoms with Crippen molar-refractivity contribution in [2.75, 3.05) is 13.7 Å². The zero-order valence-electron chi connectivity index (χ0n) is 22.2. The van der Waals surface area contributed by atoms with Crippen molar-refractivity contribution in [2.45, 2.75) is 57.1 Å². The number of ether oxygens (including phenoxy) is 3. The van der Waals surface area contributed by atoms with Crippen molar-refractivity contribution < 1.29 is 19.0 Å². The zero-order valence-corrected chi connectivity index (χ0v) is 22.2. The zero-order chi connectivity index (χ0) is 26.5. The van der Waals surface area contributed by atoms with Gasteiger partial charge in [0.1, 0.15) is 11.2 Å². The molecule has 1 fully saturated rings. The summed E-state index contributed by atoms with van der Waals surface area (Å²) < 4.78 is 18.7. The molecule has 1 aliphatic rings. The van der Waals surface area contributed by atoms with Crippen LogP contribution in [0, 0.1) is 0 Å². The molecular weight excluding hydrogens is 462 g/mol. The summed E-state index contributed by atoms with van der Waals surface area (Å²) in [6.45, 7) is 10.3. The molecule has 3 aromatic rings. The summed E-state index contributed by atoms with van der Waals surface area (Å²) in [7, 11) is 1.71. The Morgan fingerprint density at radius 1 is 0.946 bits per heavy atom. The lowest BCUT2D eigenvalue weighted by Crippen LogP contribution is -2.52. The standard InChI is InChI=1S/C32H37NO4/c1-6-24-17-19-25(20-18-24)23-36-28-21-29(33(22-28)30(34)37-31(2,3)4)32(35-5,26-13-9-7-10-14-26)27-15-11-8-12-16-27/h6-20,28-29H,1,21-23H2,2-5H3/t28-,29+/m1/s1. The predicted molar refractivity (Wildman–Crippen MR) is 147 cm³/mol. The summed E-state index contributed by atoms with van der Waals surface area (Å²) in [6.07, 6.45) is 1.87. The highest BCUT2D eigenvalue weighted by molar-refractivity contribution is 5.70. The fourth-order valence-corrected chi connectivity index (χ4v) is 5.08. The van der Waals surface area contributed by atoms with E-state index in [1.807, 2.05) is 87.5 Å². The Morgan fingerprint density at radius 3 is 2.00 bits per heavy atom. The number of hydrogen-bond acceptors (Lipinski definition) is 4. The number of nitrogens with zero attached hydrogens (tertiary/aromatic N) is 1. The van der Waals surface area contributed by atoms with Gasteiger partial charge in [-0.25, -0.2) is 4.79 Å². The molecule has 0 bridgehead atoms. The van der Waals surface area contributed by atoms with Gasteiger partial charge in [-0.15, -0.1) is 0 Å².